The lowest BCUT2D eigenvalue weighted by Crippen LogP contribution is -2.58. The first kappa shape index (κ1) is 15.9. The molecule has 2 aliphatic carbocycles. The van der Waals surface area contributed by atoms with Crippen molar-refractivity contribution < 1.29 is 23.5 Å². The zero-order chi connectivity index (χ0) is 17.4. The number of rotatable bonds is 2. The van der Waals surface area contributed by atoms with Crippen molar-refractivity contribution in [1.29, 1.82) is 0 Å². The van der Waals surface area contributed by atoms with Gasteiger partial charge in [0, 0.05) is 5.56 Å². The van der Waals surface area contributed by atoms with E-state index in [1.54, 1.807) is 6.26 Å². The topological polar surface area (TPSA) is 69.0 Å². The fourth-order valence-corrected chi connectivity index (χ4v) is 4.75. The number of aryl methyl sites for hydroxylation is 1. The monoisotopic (exact) mass is 332 g/mol. The summed E-state index contributed by atoms with van der Waals surface area (Å²) in [6.07, 6.45) is 2.79. The van der Waals surface area contributed by atoms with Crippen molar-refractivity contribution in [3.8, 4) is 0 Å². The van der Waals surface area contributed by atoms with Gasteiger partial charge in [-0.1, -0.05) is 27.7 Å². The lowest BCUT2D eigenvalue weighted by atomic mass is 9.53. The Bertz CT molecular complexity index is 732. The van der Waals surface area contributed by atoms with Crippen LogP contribution in [-0.2, 0) is 14.3 Å². The van der Waals surface area contributed by atoms with Crippen LogP contribution in [0.25, 0.3) is 0 Å². The summed E-state index contributed by atoms with van der Waals surface area (Å²) in [6.45, 7) is 9.70. The van der Waals surface area contributed by atoms with Gasteiger partial charge in [-0.25, -0.2) is 0 Å². The second kappa shape index (κ2) is 4.72. The van der Waals surface area contributed by atoms with E-state index in [0.29, 0.717) is 5.76 Å². The Morgan fingerprint density at radius 2 is 2.08 bits per heavy atom. The number of epoxide rings is 1. The van der Waals surface area contributed by atoms with E-state index in [0.717, 1.165) is 24.0 Å². The number of ether oxygens (including phenoxy) is 2. The number of fused-ring (bicyclic) bond motifs is 1. The third-order valence-electron chi connectivity index (χ3n) is 6.49. The van der Waals surface area contributed by atoms with Gasteiger partial charge in [-0.2, -0.15) is 0 Å². The largest absolute Gasteiger partial charge is 0.460 e. The third-order valence-corrected chi connectivity index (χ3v) is 6.49. The summed E-state index contributed by atoms with van der Waals surface area (Å²) in [5, 5.41) is 0. The summed E-state index contributed by atoms with van der Waals surface area (Å²) in [4.78, 5) is 25.6. The number of carbonyl (C=O) groups excluding carboxylic acids is 2. The number of furan rings is 1. The van der Waals surface area contributed by atoms with Crippen molar-refractivity contribution in [3.05, 3.63) is 23.2 Å². The smallest absolute Gasteiger partial charge is 0.309 e. The second-order valence-corrected chi connectivity index (χ2v) is 8.07. The van der Waals surface area contributed by atoms with Gasteiger partial charge in [0.25, 0.3) is 0 Å². The highest BCUT2D eigenvalue weighted by Gasteiger charge is 2.80. The lowest BCUT2D eigenvalue weighted by Gasteiger charge is -2.49. The molecule has 130 valence electrons. The van der Waals surface area contributed by atoms with Crippen molar-refractivity contribution in [2.45, 2.75) is 65.3 Å². The number of Topliss-reactive ketones (excluding diaryl/α,β-unsaturated/α-hetero) is 1. The van der Waals surface area contributed by atoms with E-state index < -0.39 is 17.1 Å². The van der Waals surface area contributed by atoms with E-state index in [2.05, 4.69) is 6.92 Å². The number of carbonyl (C=O) groups is 2. The average Bonchev–Trinajstić information content (AvgIpc) is 3.17. The summed E-state index contributed by atoms with van der Waals surface area (Å²) in [7, 11) is 0. The summed E-state index contributed by atoms with van der Waals surface area (Å²) >= 11 is 0. The molecule has 5 heteroatoms. The van der Waals surface area contributed by atoms with Crippen LogP contribution in [0.5, 0.6) is 0 Å². The van der Waals surface area contributed by atoms with Gasteiger partial charge < -0.3 is 13.9 Å². The zero-order valence-corrected chi connectivity index (χ0v) is 14.8. The molecule has 1 spiro atoms. The summed E-state index contributed by atoms with van der Waals surface area (Å²) in [5.41, 5.74) is 0.111. The van der Waals surface area contributed by atoms with Gasteiger partial charge in [0.1, 0.15) is 6.10 Å². The highest BCUT2D eigenvalue weighted by atomic mass is 16.6. The predicted octanol–water partition coefficient (Wildman–Crippen LogP) is 3.60. The molecule has 1 aromatic rings. The van der Waals surface area contributed by atoms with E-state index in [-0.39, 0.29) is 29.7 Å². The van der Waals surface area contributed by atoms with Crippen LogP contribution >= 0.6 is 0 Å². The molecule has 1 aliphatic heterocycles. The Morgan fingerprint density at radius 3 is 2.75 bits per heavy atom. The number of hydrogen-bond donors (Lipinski definition) is 0. The molecule has 1 aromatic heterocycles. The first-order valence-electron chi connectivity index (χ1n) is 8.76. The number of hydrogen-bond acceptors (Lipinski definition) is 5. The van der Waals surface area contributed by atoms with Crippen molar-refractivity contribution in [1.82, 2.24) is 0 Å². The molecule has 5 nitrogen and oxygen atoms in total. The van der Waals surface area contributed by atoms with Gasteiger partial charge in [0.15, 0.2) is 11.4 Å². The van der Waals surface area contributed by atoms with E-state index in [9.17, 15) is 9.59 Å². The Balaban J connectivity index is 1.91. The quantitative estimate of drug-likeness (QED) is 0.611. The second-order valence-electron chi connectivity index (χ2n) is 8.07. The molecular formula is C19H24O5. The molecule has 1 saturated carbocycles. The van der Waals surface area contributed by atoms with Gasteiger partial charge in [0.2, 0.25) is 5.78 Å². The molecule has 1 saturated heterocycles. The minimum Gasteiger partial charge on any atom is -0.460 e. The minimum atomic E-state index is -0.899. The molecule has 0 N–H and O–H groups in total. The fourth-order valence-electron chi connectivity index (χ4n) is 4.75. The molecule has 4 rings (SSSR count). The summed E-state index contributed by atoms with van der Waals surface area (Å²) < 4.78 is 17.5. The zero-order valence-electron chi connectivity index (χ0n) is 14.8. The lowest BCUT2D eigenvalue weighted by molar-refractivity contribution is -0.169. The van der Waals surface area contributed by atoms with Gasteiger partial charge >= 0.3 is 5.97 Å². The number of ketones is 1. The van der Waals surface area contributed by atoms with E-state index >= 15 is 0 Å². The van der Waals surface area contributed by atoms with Crippen LogP contribution in [0.3, 0.4) is 0 Å². The van der Waals surface area contributed by atoms with Crippen LogP contribution in [0.4, 0.5) is 0 Å². The molecule has 2 fully saturated rings. The van der Waals surface area contributed by atoms with E-state index in [4.69, 9.17) is 13.9 Å². The maximum atomic E-state index is 13.2. The van der Waals surface area contributed by atoms with Crippen LogP contribution in [0.2, 0.25) is 0 Å². The molecule has 0 radical (unpaired) electrons. The Kier molecular flexibility index (Phi) is 3.12. The third kappa shape index (κ3) is 1.64. The van der Waals surface area contributed by atoms with Crippen LogP contribution in [0.1, 0.15) is 68.3 Å². The summed E-state index contributed by atoms with van der Waals surface area (Å²) in [5.74, 6) is -0.0582. The molecule has 3 unspecified atom stereocenters. The average molecular weight is 332 g/mol. The fraction of sp³-hybridized carbons (Fsp3) is 0.684. The molecule has 24 heavy (non-hydrogen) atoms. The Labute approximate surface area is 141 Å². The van der Waals surface area contributed by atoms with E-state index in [1.807, 2.05) is 27.7 Å². The van der Waals surface area contributed by atoms with Crippen LogP contribution in [0, 0.1) is 24.2 Å². The van der Waals surface area contributed by atoms with Gasteiger partial charge in [-0.3, -0.25) is 9.59 Å². The maximum Gasteiger partial charge on any atom is 0.309 e. The van der Waals surface area contributed by atoms with Crippen LogP contribution < -0.4 is 0 Å². The number of esters is 1. The first-order valence-corrected chi connectivity index (χ1v) is 8.76. The maximum absolute atomic E-state index is 13.2. The van der Waals surface area contributed by atoms with Gasteiger partial charge in [0.05, 0.1) is 23.7 Å². The SMILES string of the molecule is Cc1coc2c1C(OC(=O)C(C)C)[C@]1(C)C(C)CCC3O[C@]31C2=O. The van der Waals surface area contributed by atoms with Crippen molar-refractivity contribution in [2.24, 2.45) is 17.3 Å². The van der Waals surface area contributed by atoms with Crippen molar-refractivity contribution >= 4 is 11.8 Å². The van der Waals surface area contributed by atoms with Crippen LogP contribution in [0.15, 0.2) is 10.7 Å². The Hall–Kier alpha value is -1.62. The van der Waals surface area contributed by atoms with E-state index in [1.165, 1.54) is 0 Å². The molecule has 0 aromatic carbocycles. The first-order chi connectivity index (χ1) is 11.2. The molecule has 0 bridgehead atoms. The highest BCUT2D eigenvalue weighted by molar-refractivity contribution is 6.06. The van der Waals surface area contributed by atoms with Crippen LogP contribution in [-0.4, -0.2) is 23.5 Å². The highest BCUT2D eigenvalue weighted by Crippen LogP contribution is 2.69. The molecule has 5 atom stereocenters. The van der Waals surface area contributed by atoms with Gasteiger partial charge in [-0.15, -0.1) is 0 Å². The molecular weight excluding hydrogens is 308 g/mol. The standard InChI is InChI=1S/C19H24O5/c1-9(2)17(21)23-16-13-10(3)8-22-14(13)15(20)19-12(24-19)7-6-11(4)18(16,19)5/h8-9,11-12,16H,6-7H2,1-5H3/t11?,12?,16?,18-,19-/m0/s1. The van der Waals surface area contributed by atoms with Crippen molar-refractivity contribution in [2.75, 3.05) is 0 Å². The molecule has 3 aliphatic rings. The van der Waals surface area contributed by atoms with Crippen molar-refractivity contribution in [3.63, 3.8) is 0 Å². The predicted molar refractivity (Wildman–Crippen MR) is 85.6 cm³/mol. The summed E-state index contributed by atoms with van der Waals surface area (Å²) in [6, 6.07) is 0. The molecule has 2 heterocycles. The normalized spacial score (nSPS) is 39.9. The Morgan fingerprint density at radius 1 is 1.38 bits per heavy atom. The molecule has 0 amide bonds. The minimum absolute atomic E-state index is 0.0819. The van der Waals surface area contributed by atoms with Gasteiger partial charge in [-0.05, 0) is 31.2 Å².